The van der Waals surface area contributed by atoms with E-state index in [4.69, 9.17) is 15.8 Å². The Morgan fingerprint density at radius 1 is 1.22 bits per heavy atom. The molecule has 0 radical (unpaired) electrons. The lowest BCUT2D eigenvalue weighted by molar-refractivity contribution is -0.139. The van der Waals surface area contributed by atoms with Gasteiger partial charge in [0.1, 0.15) is 5.82 Å². The number of hydrogen-bond donors (Lipinski definition) is 2. The number of carbonyl (C=O) groups excluding carboxylic acids is 1. The fraction of sp³-hybridized carbons (Fsp3) is 0.750. The summed E-state index contributed by atoms with van der Waals surface area (Å²) >= 11 is 0. The van der Waals surface area contributed by atoms with E-state index in [0.717, 1.165) is 81.0 Å². The molecule has 5 atom stereocenters. The molecule has 0 aliphatic carbocycles. The zero-order valence-electron chi connectivity index (χ0n) is 23.0. The largest absolute Gasteiger partial charge is 0.355 e. The minimum Gasteiger partial charge on any atom is -0.355 e. The highest BCUT2D eigenvalue weighted by atomic mass is 16.2. The maximum Gasteiger partial charge on any atom is 0.226 e. The minimum atomic E-state index is -0.0158. The summed E-state index contributed by atoms with van der Waals surface area (Å²) < 4.78 is 1.88. The number of nitrogens with one attached hydrogen (secondary N) is 1. The van der Waals surface area contributed by atoms with Crippen LogP contribution in [0.4, 0.5) is 5.82 Å². The van der Waals surface area contributed by atoms with E-state index in [1.165, 1.54) is 12.8 Å². The van der Waals surface area contributed by atoms with E-state index in [1.807, 2.05) is 4.52 Å². The van der Waals surface area contributed by atoms with Gasteiger partial charge in [0, 0.05) is 55.5 Å². The number of anilines is 1. The van der Waals surface area contributed by atoms with Gasteiger partial charge < -0.3 is 20.9 Å². The first kappa shape index (κ1) is 26.9. The van der Waals surface area contributed by atoms with Crippen LogP contribution in [0, 0.1) is 18.8 Å². The van der Waals surface area contributed by atoms with Crippen molar-refractivity contribution in [2.45, 2.75) is 97.7 Å². The number of amides is 1. The van der Waals surface area contributed by atoms with E-state index >= 15 is 0 Å². The van der Waals surface area contributed by atoms with Crippen molar-refractivity contribution in [2.24, 2.45) is 17.6 Å². The molecule has 2 aliphatic rings. The third-order valence-corrected chi connectivity index (χ3v) is 8.00. The van der Waals surface area contributed by atoms with Crippen molar-refractivity contribution >= 4 is 17.4 Å². The topological polar surface area (TPSA) is 91.8 Å². The second kappa shape index (κ2) is 11.9. The second-order valence-electron chi connectivity index (χ2n) is 11.5. The summed E-state index contributed by atoms with van der Waals surface area (Å²) in [4.78, 5) is 22.9. The second-order valence-corrected chi connectivity index (χ2v) is 11.5. The quantitative estimate of drug-likeness (QED) is 0.514. The van der Waals surface area contributed by atoms with E-state index in [1.54, 1.807) is 0 Å². The molecule has 4 rings (SSSR count). The summed E-state index contributed by atoms with van der Waals surface area (Å²) in [6.45, 7) is 14.5. The highest BCUT2D eigenvalue weighted by Crippen LogP contribution is 2.33. The fourth-order valence-corrected chi connectivity index (χ4v) is 5.98. The molecule has 0 saturated carbocycles. The Morgan fingerprint density at radius 3 is 2.75 bits per heavy atom. The van der Waals surface area contributed by atoms with E-state index in [9.17, 15) is 4.79 Å². The molecule has 200 valence electrons. The van der Waals surface area contributed by atoms with Crippen molar-refractivity contribution in [1.82, 2.24) is 24.8 Å². The van der Waals surface area contributed by atoms with E-state index < -0.39 is 0 Å². The normalized spacial score (nSPS) is 23.3. The summed E-state index contributed by atoms with van der Waals surface area (Å²) in [6.07, 6.45) is 9.51. The molecule has 2 aromatic rings. The Balaban J connectivity index is 1.45. The van der Waals surface area contributed by atoms with Gasteiger partial charge in [-0.05, 0) is 64.8 Å². The Morgan fingerprint density at radius 2 is 2.03 bits per heavy atom. The third-order valence-electron chi connectivity index (χ3n) is 8.00. The summed E-state index contributed by atoms with van der Waals surface area (Å²) in [6, 6.07) is 2.64. The Kier molecular flexibility index (Phi) is 8.88. The van der Waals surface area contributed by atoms with Crippen LogP contribution >= 0.6 is 0 Å². The molecule has 36 heavy (non-hydrogen) atoms. The lowest BCUT2D eigenvalue weighted by atomic mass is 9.94. The van der Waals surface area contributed by atoms with Crippen LogP contribution in [0.3, 0.4) is 0 Å². The molecule has 2 aromatic heterocycles. The van der Waals surface area contributed by atoms with Gasteiger partial charge in [0.05, 0.1) is 11.7 Å². The number of hydrogen-bond acceptors (Lipinski definition) is 6. The van der Waals surface area contributed by atoms with Crippen molar-refractivity contribution in [2.75, 3.05) is 31.1 Å². The van der Waals surface area contributed by atoms with Crippen LogP contribution in [0.25, 0.3) is 5.65 Å². The third kappa shape index (κ3) is 6.20. The first-order chi connectivity index (χ1) is 17.3. The van der Waals surface area contributed by atoms with Gasteiger partial charge in [-0.3, -0.25) is 4.79 Å². The van der Waals surface area contributed by atoms with Crippen LogP contribution in [-0.2, 0) is 4.79 Å². The zero-order valence-corrected chi connectivity index (χ0v) is 23.0. The summed E-state index contributed by atoms with van der Waals surface area (Å²) in [5.74, 6) is 1.91. The molecule has 4 heterocycles. The molecule has 8 heteroatoms. The number of carbonyl (C=O) groups is 1. The number of fused-ring (bicyclic) bond motifs is 1. The van der Waals surface area contributed by atoms with Crippen LogP contribution in [-0.4, -0.2) is 63.7 Å². The molecular formula is C28H47N7O. The SMILES string of the molecule is CCCC(C)CNC(C)CC(C)C(=O)N1CCCC[C@H]1c1cc2nc(N3CC[C@H](N)C3)c(C)cn2n1. The van der Waals surface area contributed by atoms with Crippen molar-refractivity contribution < 1.29 is 4.79 Å². The molecule has 0 bridgehead atoms. The van der Waals surface area contributed by atoms with Gasteiger partial charge in [-0.25, -0.2) is 9.50 Å². The summed E-state index contributed by atoms with van der Waals surface area (Å²) in [5, 5.41) is 8.55. The maximum absolute atomic E-state index is 13.6. The van der Waals surface area contributed by atoms with E-state index in [2.05, 4.69) is 62.0 Å². The molecule has 0 spiro atoms. The molecule has 1 amide bonds. The minimum absolute atomic E-state index is 0.0158. The standard InChI is InChI=1S/C28H47N7O/c1-6-9-19(2)16-30-22(5)14-20(3)28(36)34-12-8-7-10-25(34)24-15-26-31-27(21(4)17-35(26)32-24)33-13-11-23(29)18-33/h15,17,19-20,22-23,25,30H,6-14,16,18,29H2,1-5H3/t19?,20?,22?,23-,25-/m0/s1. The predicted molar refractivity (Wildman–Crippen MR) is 146 cm³/mol. The number of rotatable bonds is 10. The average molecular weight is 498 g/mol. The van der Waals surface area contributed by atoms with Crippen LogP contribution in [0.5, 0.6) is 0 Å². The number of piperidine rings is 1. The lowest BCUT2D eigenvalue weighted by Gasteiger charge is -2.37. The zero-order chi connectivity index (χ0) is 25.8. The molecule has 3 N–H and O–H groups in total. The maximum atomic E-state index is 13.6. The van der Waals surface area contributed by atoms with Crippen molar-refractivity contribution in [1.29, 1.82) is 0 Å². The Labute approximate surface area is 217 Å². The van der Waals surface area contributed by atoms with Gasteiger partial charge in [0.2, 0.25) is 5.91 Å². The van der Waals surface area contributed by atoms with Gasteiger partial charge in [-0.1, -0.05) is 27.2 Å². The van der Waals surface area contributed by atoms with Gasteiger partial charge >= 0.3 is 0 Å². The van der Waals surface area contributed by atoms with Gasteiger partial charge in [0.15, 0.2) is 5.65 Å². The monoisotopic (exact) mass is 497 g/mol. The first-order valence-electron chi connectivity index (χ1n) is 14.2. The van der Waals surface area contributed by atoms with Crippen molar-refractivity contribution in [3.63, 3.8) is 0 Å². The molecule has 2 saturated heterocycles. The first-order valence-corrected chi connectivity index (χ1v) is 14.2. The van der Waals surface area contributed by atoms with E-state index in [0.29, 0.717) is 12.0 Å². The number of likely N-dealkylation sites (tertiary alicyclic amines) is 1. The highest BCUT2D eigenvalue weighted by Gasteiger charge is 2.33. The summed E-state index contributed by atoms with van der Waals surface area (Å²) in [5.41, 5.74) is 9.04. The summed E-state index contributed by atoms with van der Waals surface area (Å²) in [7, 11) is 0. The van der Waals surface area contributed by atoms with Crippen molar-refractivity contribution in [3.8, 4) is 0 Å². The smallest absolute Gasteiger partial charge is 0.226 e. The fourth-order valence-electron chi connectivity index (χ4n) is 5.98. The number of aromatic nitrogens is 3. The van der Waals surface area contributed by atoms with Gasteiger partial charge in [-0.15, -0.1) is 0 Å². The highest BCUT2D eigenvalue weighted by molar-refractivity contribution is 5.79. The average Bonchev–Trinajstić information content (AvgIpc) is 3.47. The van der Waals surface area contributed by atoms with Gasteiger partial charge in [0.25, 0.3) is 0 Å². The molecular weight excluding hydrogens is 450 g/mol. The Bertz CT molecular complexity index is 1020. The number of aryl methyl sites for hydroxylation is 1. The molecule has 0 aromatic carbocycles. The van der Waals surface area contributed by atoms with Crippen LogP contribution in [0.15, 0.2) is 12.3 Å². The molecule has 2 fully saturated rings. The van der Waals surface area contributed by atoms with Crippen LogP contribution in [0.2, 0.25) is 0 Å². The predicted octanol–water partition coefficient (Wildman–Crippen LogP) is 4.07. The van der Waals surface area contributed by atoms with E-state index in [-0.39, 0.29) is 23.9 Å². The Hall–Kier alpha value is -2.19. The van der Waals surface area contributed by atoms with Crippen molar-refractivity contribution in [3.05, 3.63) is 23.5 Å². The van der Waals surface area contributed by atoms with Crippen LogP contribution < -0.4 is 16.0 Å². The van der Waals surface area contributed by atoms with Crippen LogP contribution in [0.1, 0.15) is 89.9 Å². The number of nitrogens with two attached hydrogens (primary N) is 1. The molecule has 8 nitrogen and oxygen atoms in total. The molecule has 3 unspecified atom stereocenters. The van der Waals surface area contributed by atoms with Gasteiger partial charge in [-0.2, -0.15) is 5.10 Å². The lowest BCUT2D eigenvalue weighted by Crippen LogP contribution is -2.43. The molecule has 2 aliphatic heterocycles. The number of nitrogens with zero attached hydrogens (tertiary/aromatic N) is 5.